The third-order valence-corrected chi connectivity index (χ3v) is 3.05. The van der Waals surface area contributed by atoms with Crippen LogP contribution >= 0.6 is 0 Å². The maximum atomic E-state index is 6.02. The number of nitrogens with two attached hydrogens (primary N) is 1. The molecule has 1 aromatic carbocycles. The second kappa shape index (κ2) is 3.80. The molecule has 0 unspecified atom stereocenters. The zero-order valence-electron chi connectivity index (χ0n) is 11.7. The molecule has 1 heteroatoms. The Morgan fingerprint density at radius 3 is 1.38 bits per heavy atom. The minimum atomic E-state index is 0.152. The van der Waals surface area contributed by atoms with Gasteiger partial charge in [0.2, 0.25) is 0 Å². The summed E-state index contributed by atoms with van der Waals surface area (Å²) in [5.41, 5.74) is 11.3. The molecule has 0 aromatic heterocycles. The first-order chi connectivity index (χ1) is 7.03. The zero-order valence-corrected chi connectivity index (χ0v) is 11.7. The van der Waals surface area contributed by atoms with Crippen LogP contribution in [-0.2, 0) is 10.8 Å². The molecular weight excluding hydrogens is 194 g/mol. The Morgan fingerprint density at radius 1 is 0.812 bits per heavy atom. The summed E-state index contributed by atoms with van der Waals surface area (Å²) in [6, 6.07) is 4.23. The fourth-order valence-electron chi connectivity index (χ4n) is 2.29. The van der Waals surface area contributed by atoms with Crippen molar-refractivity contribution in [1.29, 1.82) is 0 Å². The molecule has 0 aliphatic carbocycles. The Morgan fingerprint density at radius 2 is 1.12 bits per heavy atom. The van der Waals surface area contributed by atoms with Gasteiger partial charge in [-0.25, -0.2) is 0 Å². The van der Waals surface area contributed by atoms with Crippen molar-refractivity contribution in [2.45, 2.75) is 59.3 Å². The molecule has 0 aliphatic rings. The second-order valence-electron chi connectivity index (χ2n) is 6.74. The predicted octanol–water partition coefficient (Wildman–Crippen LogP) is 4.17. The van der Waals surface area contributed by atoms with Crippen molar-refractivity contribution in [3.8, 4) is 0 Å². The van der Waals surface area contributed by atoms with Gasteiger partial charge >= 0.3 is 0 Å². The van der Waals surface area contributed by atoms with Crippen molar-refractivity contribution in [2.75, 3.05) is 5.73 Å². The van der Waals surface area contributed by atoms with E-state index >= 15 is 0 Å². The maximum absolute atomic E-state index is 6.02. The normalized spacial score (nSPS) is 12.9. The highest BCUT2D eigenvalue weighted by molar-refractivity contribution is 5.53. The molecule has 2 N–H and O–H groups in total. The van der Waals surface area contributed by atoms with Gasteiger partial charge in [0.05, 0.1) is 0 Å². The van der Waals surface area contributed by atoms with Crippen LogP contribution < -0.4 is 5.73 Å². The summed E-state index contributed by atoms with van der Waals surface area (Å²) in [5, 5.41) is 0. The summed E-state index contributed by atoms with van der Waals surface area (Å²) in [7, 11) is 0. The van der Waals surface area contributed by atoms with E-state index in [1.807, 2.05) is 0 Å². The van der Waals surface area contributed by atoms with Gasteiger partial charge in [-0.2, -0.15) is 0 Å². The molecule has 0 fully saturated rings. The van der Waals surface area contributed by atoms with E-state index in [2.05, 4.69) is 60.6 Å². The first-order valence-electron chi connectivity index (χ1n) is 5.94. The first-order valence-corrected chi connectivity index (χ1v) is 5.94. The molecule has 0 heterocycles. The van der Waals surface area contributed by atoms with E-state index < -0.39 is 0 Å². The second-order valence-corrected chi connectivity index (χ2v) is 6.74. The van der Waals surface area contributed by atoms with Crippen LogP contribution in [0.15, 0.2) is 12.1 Å². The SMILES string of the molecule is Cc1c(C(C)(C)C)cc(N)cc1C(C)(C)C. The van der Waals surface area contributed by atoms with Gasteiger partial charge in [-0.1, -0.05) is 41.5 Å². The third kappa shape index (κ3) is 2.58. The number of anilines is 1. The summed E-state index contributed by atoms with van der Waals surface area (Å²) in [6.07, 6.45) is 0. The van der Waals surface area contributed by atoms with E-state index in [1.165, 1.54) is 16.7 Å². The van der Waals surface area contributed by atoms with Crippen LogP contribution in [0.5, 0.6) is 0 Å². The minimum absolute atomic E-state index is 0.152. The Labute approximate surface area is 100 Å². The highest BCUT2D eigenvalue weighted by Gasteiger charge is 2.23. The lowest BCUT2D eigenvalue weighted by molar-refractivity contribution is 0.561. The Bertz CT molecular complexity index is 354. The largest absolute Gasteiger partial charge is 0.399 e. The van der Waals surface area contributed by atoms with E-state index in [0.29, 0.717) is 0 Å². The first kappa shape index (κ1) is 13.1. The molecule has 0 aliphatic heterocycles. The molecule has 0 amide bonds. The molecule has 0 saturated heterocycles. The van der Waals surface area contributed by atoms with Gasteiger partial charge in [-0.05, 0) is 46.6 Å². The quantitative estimate of drug-likeness (QED) is 0.651. The van der Waals surface area contributed by atoms with Gasteiger partial charge in [0.1, 0.15) is 0 Å². The number of nitrogen functional groups attached to an aromatic ring is 1. The fraction of sp³-hybridized carbons (Fsp3) is 0.600. The van der Waals surface area contributed by atoms with Gasteiger partial charge in [-0.15, -0.1) is 0 Å². The van der Waals surface area contributed by atoms with Crippen LogP contribution in [0.25, 0.3) is 0 Å². The van der Waals surface area contributed by atoms with E-state index in [0.717, 1.165) is 5.69 Å². The molecule has 0 spiro atoms. The molecule has 0 saturated carbocycles. The van der Waals surface area contributed by atoms with Crippen molar-refractivity contribution >= 4 is 5.69 Å². The third-order valence-electron chi connectivity index (χ3n) is 3.05. The molecule has 1 aromatic rings. The number of hydrogen-bond donors (Lipinski definition) is 1. The Kier molecular flexibility index (Phi) is 3.11. The number of hydrogen-bond acceptors (Lipinski definition) is 1. The molecule has 0 bridgehead atoms. The average molecular weight is 219 g/mol. The molecule has 16 heavy (non-hydrogen) atoms. The summed E-state index contributed by atoms with van der Waals surface area (Å²) < 4.78 is 0. The number of benzene rings is 1. The zero-order chi connectivity index (χ0) is 12.7. The topological polar surface area (TPSA) is 26.0 Å². The van der Waals surface area contributed by atoms with Gasteiger partial charge < -0.3 is 5.73 Å². The average Bonchev–Trinajstić information content (AvgIpc) is 2.04. The molecule has 1 nitrogen and oxygen atoms in total. The standard InChI is InChI=1S/C15H25N/c1-10-12(14(2,3)4)8-11(16)9-13(10)15(5,6)7/h8-9H,16H2,1-7H3. The van der Waals surface area contributed by atoms with Crippen molar-refractivity contribution in [3.05, 3.63) is 28.8 Å². The summed E-state index contributed by atoms with van der Waals surface area (Å²) >= 11 is 0. The van der Waals surface area contributed by atoms with Gasteiger partial charge in [0.25, 0.3) is 0 Å². The maximum Gasteiger partial charge on any atom is 0.0320 e. The molecule has 0 atom stereocenters. The summed E-state index contributed by atoms with van der Waals surface area (Å²) in [4.78, 5) is 0. The van der Waals surface area contributed by atoms with Crippen LogP contribution in [0.4, 0.5) is 5.69 Å². The lowest BCUT2D eigenvalue weighted by Crippen LogP contribution is -2.20. The summed E-state index contributed by atoms with van der Waals surface area (Å²) in [6.45, 7) is 15.6. The monoisotopic (exact) mass is 219 g/mol. The molecular formula is C15H25N. The molecule has 90 valence electrons. The lowest BCUT2D eigenvalue weighted by Gasteiger charge is -2.29. The van der Waals surface area contributed by atoms with E-state index in [-0.39, 0.29) is 10.8 Å². The van der Waals surface area contributed by atoms with E-state index in [4.69, 9.17) is 5.73 Å². The van der Waals surface area contributed by atoms with Crippen LogP contribution in [0.1, 0.15) is 58.2 Å². The van der Waals surface area contributed by atoms with E-state index in [9.17, 15) is 0 Å². The fourth-order valence-corrected chi connectivity index (χ4v) is 2.29. The van der Waals surface area contributed by atoms with Crippen molar-refractivity contribution in [1.82, 2.24) is 0 Å². The molecule has 0 radical (unpaired) electrons. The smallest absolute Gasteiger partial charge is 0.0320 e. The lowest BCUT2D eigenvalue weighted by atomic mass is 9.76. The summed E-state index contributed by atoms with van der Waals surface area (Å²) in [5.74, 6) is 0. The predicted molar refractivity (Wildman–Crippen MR) is 73.0 cm³/mol. The van der Waals surface area contributed by atoms with Crippen molar-refractivity contribution in [2.24, 2.45) is 0 Å². The van der Waals surface area contributed by atoms with Crippen LogP contribution in [0.2, 0.25) is 0 Å². The Balaban J connectivity index is 3.51. The van der Waals surface area contributed by atoms with Gasteiger partial charge in [0.15, 0.2) is 0 Å². The van der Waals surface area contributed by atoms with Gasteiger partial charge in [0, 0.05) is 5.69 Å². The highest BCUT2D eigenvalue weighted by Crippen LogP contribution is 2.35. The Hall–Kier alpha value is -0.980. The van der Waals surface area contributed by atoms with Crippen LogP contribution in [0, 0.1) is 6.92 Å². The van der Waals surface area contributed by atoms with Crippen LogP contribution in [0.3, 0.4) is 0 Å². The van der Waals surface area contributed by atoms with Crippen molar-refractivity contribution in [3.63, 3.8) is 0 Å². The minimum Gasteiger partial charge on any atom is -0.399 e. The van der Waals surface area contributed by atoms with Gasteiger partial charge in [-0.3, -0.25) is 0 Å². The molecule has 1 rings (SSSR count). The highest BCUT2D eigenvalue weighted by atomic mass is 14.5. The van der Waals surface area contributed by atoms with Crippen LogP contribution in [-0.4, -0.2) is 0 Å². The van der Waals surface area contributed by atoms with Crippen molar-refractivity contribution < 1.29 is 0 Å². The number of rotatable bonds is 0. The van der Waals surface area contributed by atoms with E-state index in [1.54, 1.807) is 0 Å².